The van der Waals surface area contributed by atoms with E-state index in [-0.39, 0.29) is 0 Å². The molecular formula is C5H13NO4Si. The Morgan fingerprint density at radius 3 is 2.09 bits per heavy atom. The van der Waals surface area contributed by atoms with Crippen molar-refractivity contribution in [3.8, 4) is 0 Å². The number of carbonyl (C=O) groups is 1. The van der Waals surface area contributed by atoms with E-state index in [0.29, 0.717) is 0 Å². The van der Waals surface area contributed by atoms with Crippen molar-refractivity contribution in [2.24, 2.45) is 0 Å². The molecule has 1 N–H and O–H groups in total. The van der Waals surface area contributed by atoms with Crippen molar-refractivity contribution in [3.05, 3.63) is 0 Å². The molecule has 0 radical (unpaired) electrons. The van der Waals surface area contributed by atoms with Gasteiger partial charge >= 0.3 is 14.9 Å². The van der Waals surface area contributed by atoms with Crippen molar-refractivity contribution in [1.29, 1.82) is 0 Å². The highest BCUT2D eigenvalue weighted by Crippen LogP contribution is 2.05. The molecule has 0 aliphatic rings. The Hall–Kier alpha value is -0.593. The molecule has 0 unspecified atom stereocenters. The molecule has 0 aliphatic carbocycles. The predicted molar refractivity (Wildman–Crippen MR) is 41.2 cm³/mol. The van der Waals surface area contributed by atoms with E-state index in [0.717, 1.165) is 0 Å². The monoisotopic (exact) mass is 179 g/mol. The van der Waals surface area contributed by atoms with Crippen molar-refractivity contribution >= 4 is 14.9 Å². The summed E-state index contributed by atoms with van der Waals surface area (Å²) in [5.41, 5.74) is 0. The summed E-state index contributed by atoms with van der Waals surface area (Å²) in [7, 11) is 1.67. The van der Waals surface area contributed by atoms with Gasteiger partial charge in [0.2, 0.25) is 0 Å². The van der Waals surface area contributed by atoms with Gasteiger partial charge in [-0.05, 0) is 0 Å². The van der Waals surface area contributed by atoms with Gasteiger partial charge in [-0.15, -0.1) is 0 Å². The van der Waals surface area contributed by atoms with Crippen LogP contribution < -0.4 is 5.32 Å². The standard InChI is InChI=1S/C5H13NO4Si/c1-6-5(7)10-11(4,8-2)9-3/h1-4H3,(H,6,7). The molecule has 1 amide bonds. The Morgan fingerprint density at radius 2 is 1.82 bits per heavy atom. The molecule has 0 saturated heterocycles. The minimum absolute atomic E-state index is 0.539. The van der Waals surface area contributed by atoms with Crippen LogP contribution in [0.1, 0.15) is 0 Å². The number of nitrogens with one attached hydrogen (secondary N) is 1. The van der Waals surface area contributed by atoms with E-state index in [4.69, 9.17) is 13.3 Å². The number of carbonyl (C=O) groups excluding carboxylic acids is 1. The van der Waals surface area contributed by atoms with Gasteiger partial charge in [0.15, 0.2) is 0 Å². The third kappa shape index (κ3) is 3.35. The first-order valence-electron chi connectivity index (χ1n) is 3.09. The second kappa shape index (κ2) is 4.32. The minimum Gasteiger partial charge on any atom is -0.457 e. The second-order valence-corrected chi connectivity index (χ2v) is 4.66. The normalized spacial score (nSPS) is 10.9. The van der Waals surface area contributed by atoms with Crippen molar-refractivity contribution in [2.45, 2.75) is 6.55 Å². The molecule has 66 valence electrons. The maximum atomic E-state index is 10.7. The number of hydrogen-bond donors (Lipinski definition) is 1. The number of amides is 1. The average Bonchev–Trinajstić information content (AvgIpc) is 2.04. The van der Waals surface area contributed by atoms with Gasteiger partial charge in [0, 0.05) is 27.8 Å². The zero-order valence-corrected chi connectivity index (χ0v) is 8.13. The quantitative estimate of drug-likeness (QED) is 0.629. The Balaban J connectivity index is 3.96. The third-order valence-electron chi connectivity index (χ3n) is 1.22. The second-order valence-electron chi connectivity index (χ2n) is 1.91. The molecule has 0 rings (SSSR count). The largest absolute Gasteiger partial charge is 0.565 e. The fourth-order valence-electron chi connectivity index (χ4n) is 0.386. The van der Waals surface area contributed by atoms with Crippen LogP contribution in [0.2, 0.25) is 6.55 Å². The van der Waals surface area contributed by atoms with E-state index in [1.54, 1.807) is 6.55 Å². The van der Waals surface area contributed by atoms with E-state index < -0.39 is 14.9 Å². The molecular weight excluding hydrogens is 166 g/mol. The summed E-state index contributed by atoms with van der Waals surface area (Å²) < 4.78 is 14.6. The van der Waals surface area contributed by atoms with Crippen LogP contribution in [0.3, 0.4) is 0 Å². The summed E-state index contributed by atoms with van der Waals surface area (Å²) in [6.07, 6.45) is -0.539. The Morgan fingerprint density at radius 1 is 1.36 bits per heavy atom. The van der Waals surface area contributed by atoms with Crippen molar-refractivity contribution in [1.82, 2.24) is 5.32 Å². The van der Waals surface area contributed by atoms with Gasteiger partial charge < -0.3 is 18.6 Å². The highest BCUT2D eigenvalue weighted by molar-refractivity contribution is 6.60. The molecule has 0 aliphatic heterocycles. The lowest BCUT2D eigenvalue weighted by Crippen LogP contribution is -2.44. The molecule has 0 aromatic heterocycles. The van der Waals surface area contributed by atoms with E-state index in [1.165, 1.54) is 21.3 Å². The summed E-state index contributed by atoms with van der Waals surface area (Å²) in [4.78, 5) is 10.7. The van der Waals surface area contributed by atoms with Crippen LogP contribution in [0, 0.1) is 0 Å². The lowest BCUT2D eigenvalue weighted by Gasteiger charge is -2.20. The summed E-state index contributed by atoms with van der Waals surface area (Å²) in [6.45, 7) is 1.63. The van der Waals surface area contributed by atoms with Gasteiger partial charge in [-0.2, -0.15) is 0 Å². The maximum absolute atomic E-state index is 10.7. The number of hydrogen-bond acceptors (Lipinski definition) is 4. The number of rotatable bonds is 3. The van der Waals surface area contributed by atoms with Crippen LogP contribution in [0.5, 0.6) is 0 Å². The molecule has 0 saturated carbocycles. The first-order valence-corrected chi connectivity index (χ1v) is 5.31. The van der Waals surface area contributed by atoms with E-state index in [2.05, 4.69) is 5.32 Å². The molecule has 0 bridgehead atoms. The van der Waals surface area contributed by atoms with Gasteiger partial charge in [-0.3, -0.25) is 0 Å². The van der Waals surface area contributed by atoms with E-state index in [9.17, 15) is 4.79 Å². The van der Waals surface area contributed by atoms with Crippen LogP contribution in [0.4, 0.5) is 4.79 Å². The summed E-state index contributed by atoms with van der Waals surface area (Å²) in [6, 6.07) is 0. The lowest BCUT2D eigenvalue weighted by molar-refractivity contribution is 0.123. The van der Waals surface area contributed by atoms with Crippen LogP contribution in [0.25, 0.3) is 0 Å². The van der Waals surface area contributed by atoms with Gasteiger partial charge in [0.05, 0.1) is 0 Å². The highest BCUT2D eigenvalue weighted by atomic mass is 28.4. The SMILES string of the molecule is CNC(=O)O[Si](C)(OC)OC. The fraction of sp³-hybridized carbons (Fsp3) is 0.800. The topological polar surface area (TPSA) is 56.8 Å². The molecule has 0 aromatic carbocycles. The lowest BCUT2D eigenvalue weighted by atomic mass is 11.1. The van der Waals surface area contributed by atoms with Crippen LogP contribution >= 0.6 is 0 Å². The zero-order chi connectivity index (χ0) is 8.91. The van der Waals surface area contributed by atoms with Gasteiger partial charge in [0.1, 0.15) is 0 Å². The van der Waals surface area contributed by atoms with Crippen LogP contribution in [-0.2, 0) is 13.3 Å². The molecule has 0 spiro atoms. The van der Waals surface area contributed by atoms with Gasteiger partial charge in [-0.1, -0.05) is 0 Å². The molecule has 0 heterocycles. The average molecular weight is 179 g/mol. The van der Waals surface area contributed by atoms with Crippen molar-refractivity contribution in [3.63, 3.8) is 0 Å². The fourth-order valence-corrected chi connectivity index (χ4v) is 1.16. The molecule has 11 heavy (non-hydrogen) atoms. The smallest absolute Gasteiger partial charge is 0.457 e. The Bertz CT molecular complexity index is 136. The Kier molecular flexibility index (Phi) is 4.09. The molecule has 0 atom stereocenters. The van der Waals surface area contributed by atoms with E-state index >= 15 is 0 Å². The molecule has 0 aromatic rings. The first kappa shape index (κ1) is 10.4. The van der Waals surface area contributed by atoms with Crippen LogP contribution in [0.15, 0.2) is 0 Å². The molecule has 6 heteroatoms. The van der Waals surface area contributed by atoms with E-state index in [1.807, 2.05) is 0 Å². The van der Waals surface area contributed by atoms with Crippen LogP contribution in [-0.4, -0.2) is 36.2 Å². The molecule has 0 fully saturated rings. The van der Waals surface area contributed by atoms with Crippen molar-refractivity contribution < 1.29 is 18.1 Å². The Labute approximate surface area is 67.0 Å². The highest BCUT2D eigenvalue weighted by Gasteiger charge is 2.36. The maximum Gasteiger partial charge on any atom is 0.565 e. The third-order valence-corrected chi connectivity index (χ3v) is 3.26. The summed E-state index contributed by atoms with van der Waals surface area (Å²) in [5.74, 6) is 0. The van der Waals surface area contributed by atoms with Gasteiger partial charge in [-0.25, -0.2) is 4.79 Å². The van der Waals surface area contributed by atoms with Gasteiger partial charge in [0.25, 0.3) is 0 Å². The molecule has 5 nitrogen and oxygen atoms in total. The minimum atomic E-state index is -2.69. The summed E-state index contributed by atoms with van der Waals surface area (Å²) in [5, 5.41) is 2.30. The summed E-state index contributed by atoms with van der Waals surface area (Å²) >= 11 is 0. The first-order chi connectivity index (χ1) is 5.08. The predicted octanol–water partition coefficient (Wildman–Crippen LogP) is 0.204. The zero-order valence-electron chi connectivity index (χ0n) is 7.13. The van der Waals surface area contributed by atoms with Crippen molar-refractivity contribution in [2.75, 3.05) is 21.3 Å².